The van der Waals surface area contributed by atoms with Gasteiger partial charge in [-0.15, -0.1) is 0 Å². The number of aromatic nitrogens is 1. The first-order valence-electron chi connectivity index (χ1n) is 3.78. The maximum atomic E-state index is 9.41. The van der Waals surface area contributed by atoms with E-state index in [2.05, 4.69) is 0 Å². The lowest BCUT2D eigenvalue weighted by Crippen LogP contribution is -2.07. The van der Waals surface area contributed by atoms with Crippen LogP contribution in [0.2, 0.25) is 0 Å². The van der Waals surface area contributed by atoms with Crippen LogP contribution >= 0.6 is 0 Å². The molecule has 1 atom stereocenters. The highest BCUT2D eigenvalue weighted by Gasteiger charge is 2.14. The van der Waals surface area contributed by atoms with E-state index in [1.807, 2.05) is 0 Å². The van der Waals surface area contributed by atoms with Crippen LogP contribution in [0.5, 0.6) is 11.8 Å². The van der Waals surface area contributed by atoms with Crippen LogP contribution in [-0.4, -0.2) is 26.5 Å². The average Bonchev–Trinajstić information content (AvgIpc) is 2.26. The van der Waals surface area contributed by atoms with Crippen molar-refractivity contribution in [1.82, 2.24) is 4.57 Å². The summed E-state index contributed by atoms with van der Waals surface area (Å²) in [4.78, 5) is 0. The molecule has 1 rings (SSSR count). The Balaban J connectivity index is 3.13. The van der Waals surface area contributed by atoms with Crippen LogP contribution in [0.15, 0.2) is 6.07 Å². The van der Waals surface area contributed by atoms with Crippen molar-refractivity contribution in [2.24, 2.45) is 0 Å². The number of nitrogens with zero attached hydrogens (tertiary/aromatic N) is 1. The van der Waals surface area contributed by atoms with Crippen molar-refractivity contribution >= 4 is 0 Å². The third kappa shape index (κ3) is 1.25. The van der Waals surface area contributed by atoms with Crippen LogP contribution in [0.25, 0.3) is 0 Å². The van der Waals surface area contributed by atoms with Gasteiger partial charge in [0.05, 0.1) is 12.6 Å². The molecule has 0 saturated heterocycles. The third-order valence-corrected chi connectivity index (χ3v) is 1.88. The summed E-state index contributed by atoms with van der Waals surface area (Å²) in [7, 11) is 0. The van der Waals surface area contributed by atoms with Gasteiger partial charge in [-0.3, -0.25) is 4.57 Å². The van der Waals surface area contributed by atoms with Crippen LogP contribution in [-0.2, 0) is 0 Å². The standard InChI is InChI=1S/C8H13NO3/c1-5-3-7(11)9(8(5)12)6(2)4-10/h3,6,10-12H,4H2,1-2H3/t6-/m0/s1. The van der Waals surface area contributed by atoms with Crippen molar-refractivity contribution in [2.75, 3.05) is 6.61 Å². The van der Waals surface area contributed by atoms with Gasteiger partial charge in [-0.1, -0.05) is 0 Å². The molecule has 4 heteroatoms. The molecule has 4 nitrogen and oxygen atoms in total. The summed E-state index contributed by atoms with van der Waals surface area (Å²) < 4.78 is 1.29. The maximum Gasteiger partial charge on any atom is 0.197 e. The predicted molar refractivity (Wildman–Crippen MR) is 44.3 cm³/mol. The van der Waals surface area contributed by atoms with Crippen LogP contribution < -0.4 is 0 Å². The van der Waals surface area contributed by atoms with Crippen molar-refractivity contribution in [3.63, 3.8) is 0 Å². The minimum atomic E-state index is -0.307. The van der Waals surface area contributed by atoms with E-state index in [4.69, 9.17) is 5.11 Å². The van der Waals surface area contributed by atoms with Gasteiger partial charge in [0.15, 0.2) is 11.8 Å². The fourth-order valence-electron chi connectivity index (χ4n) is 1.14. The first-order valence-corrected chi connectivity index (χ1v) is 3.78. The molecule has 0 bridgehead atoms. The molecule has 1 aromatic rings. The average molecular weight is 171 g/mol. The minimum absolute atomic E-state index is 0.00838. The zero-order chi connectivity index (χ0) is 9.30. The van der Waals surface area contributed by atoms with E-state index in [-0.39, 0.29) is 24.4 Å². The highest BCUT2D eigenvalue weighted by Crippen LogP contribution is 2.30. The lowest BCUT2D eigenvalue weighted by Gasteiger charge is -2.12. The third-order valence-electron chi connectivity index (χ3n) is 1.88. The van der Waals surface area contributed by atoms with E-state index in [1.54, 1.807) is 13.8 Å². The monoisotopic (exact) mass is 171 g/mol. The van der Waals surface area contributed by atoms with Crippen LogP contribution in [0.1, 0.15) is 18.5 Å². The molecule has 0 aliphatic carbocycles. The zero-order valence-electron chi connectivity index (χ0n) is 7.15. The molecule has 1 aromatic heterocycles. The molecule has 0 aliphatic heterocycles. The summed E-state index contributed by atoms with van der Waals surface area (Å²) in [5.74, 6) is -0.0133. The normalized spacial score (nSPS) is 13.2. The Hall–Kier alpha value is -1.16. The molecule has 0 spiro atoms. The molecular formula is C8H13NO3. The van der Waals surface area contributed by atoms with Gasteiger partial charge in [0, 0.05) is 11.6 Å². The highest BCUT2D eigenvalue weighted by atomic mass is 16.3. The van der Waals surface area contributed by atoms with Crippen molar-refractivity contribution in [3.05, 3.63) is 11.6 Å². The first kappa shape index (κ1) is 8.93. The minimum Gasteiger partial charge on any atom is -0.494 e. The molecule has 0 aromatic carbocycles. The summed E-state index contributed by atoms with van der Waals surface area (Å²) in [6.45, 7) is 3.28. The van der Waals surface area contributed by atoms with Crippen LogP contribution in [0, 0.1) is 6.92 Å². The summed E-state index contributed by atoms with van der Waals surface area (Å²) in [6, 6.07) is 1.15. The Morgan fingerprint density at radius 2 is 2.08 bits per heavy atom. The molecule has 0 fully saturated rings. The number of hydrogen-bond donors (Lipinski definition) is 3. The molecular weight excluding hydrogens is 158 g/mol. The number of aliphatic hydroxyl groups is 1. The molecule has 3 N–H and O–H groups in total. The van der Waals surface area contributed by atoms with Crippen molar-refractivity contribution in [2.45, 2.75) is 19.9 Å². The number of aromatic hydroxyl groups is 2. The van der Waals surface area contributed by atoms with Gasteiger partial charge in [-0.2, -0.15) is 0 Å². The lowest BCUT2D eigenvalue weighted by atomic mass is 10.3. The second kappa shape index (κ2) is 3.06. The second-order valence-corrected chi connectivity index (χ2v) is 2.91. The van der Waals surface area contributed by atoms with Crippen molar-refractivity contribution < 1.29 is 15.3 Å². The molecule has 0 aliphatic rings. The van der Waals surface area contributed by atoms with Crippen molar-refractivity contribution in [1.29, 1.82) is 0 Å². The van der Waals surface area contributed by atoms with Crippen molar-refractivity contribution in [3.8, 4) is 11.8 Å². The Bertz CT molecular complexity index is 280. The molecule has 68 valence electrons. The zero-order valence-corrected chi connectivity index (χ0v) is 7.15. The van der Waals surface area contributed by atoms with Gasteiger partial charge in [-0.05, 0) is 13.8 Å². The SMILES string of the molecule is Cc1cc(O)n([C@@H](C)CO)c1O. The van der Waals surface area contributed by atoms with Gasteiger partial charge >= 0.3 is 0 Å². The first-order chi connectivity index (χ1) is 5.57. The van der Waals surface area contributed by atoms with Crippen LogP contribution in [0.3, 0.4) is 0 Å². The Labute approximate surface area is 70.7 Å². The Morgan fingerprint density at radius 3 is 2.42 bits per heavy atom. The summed E-state index contributed by atoms with van der Waals surface area (Å²) >= 11 is 0. The molecule has 0 radical (unpaired) electrons. The largest absolute Gasteiger partial charge is 0.494 e. The predicted octanol–water partition coefficient (Wildman–Crippen LogP) is 0.761. The number of aliphatic hydroxyl groups excluding tert-OH is 1. The van der Waals surface area contributed by atoms with Gasteiger partial charge in [0.1, 0.15) is 0 Å². The number of aryl methyl sites for hydroxylation is 1. The smallest absolute Gasteiger partial charge is 0.197 e. The van der Waals surface area contributed by atoms with E-state index in [9.17, 15) is 10.2 Å². The highest BCUT2D eigenvalue weighted by molar-refractivity contribution is 5.34. The second-order valence-electron chi connectivity index (χ2n) is 2.91. The van der Waals surface area contributed by atoms with Gasteiger partial charge < -0.3 is 15.3 Å². The summed E-state index contributed by atoms with van der Waals surface area (Å²) in [5, 5.41) is 27.5. The molecule has 1 heterocycles. The van der Waals surface area contributed by atoms with E-state index in [0.29, 0.717) is 5.56 Å². The van der Waals surface area contributed by atoms with Gasteiger partial charge in [0.2, 0.25) is 0 Å². The maximum absolute atomic E-state index is 9.41. The van der Waals surface area contributed by atoms with Crippen LogP contribution in [0.4, 0.5) is 0 Å². The number of rotatable bonds is 2. The quantitative estimate of drug-likeness (QED) is 0.615. The molecule has 0 saturated carbocycles. The van der Waals surface area contributed by atoms with E-state index in [1.165, 1.54) is 10.6 Å². The fraction of sp³-hybridized carbons (Fsp3) is 0.500. The Kier molecular flexibility index (Phi) is 2.28. The Morgan fingerprint density at radius 1 is 1.50 bits per heavy atom. The molecule has 12 heavy (non-hydrogen) atoms. The molecule has 0 amide bonds. The van der Waals surface area contributed by atoms with Gasteiger partial charge in [0.25, 0.3) is 0 Å². The molecule has 0 unspecified atom stereocenters. The van der Waals surface area contributed by atoms with E-state index < -0.39 is 0 Å². The van der Waals surface area contributed by atoms with Gasteiger partial charge in [-0.25, -0.2) is 0 Å². The topological polar surface area (TPSA) is 65.6 Å². The summed E-state index contributed by atoms with van der Waals surface area (Å²) in [5.41, 5.74) is 0.604. The van der Waals surface area contributed by atoms with E-state index >= 15 is 0 Å². The summed E-state index contributed by atoms with van der Waals surface area (Å²) in [6.07, 6.45) is 0. The lowest BCUT2D eigenvalue weighted by molar-refractivity contribution is 0.218. The van der Waals surface area contributed by atoms with E-state index in [0.717, 1.165) is 0 Å². The fourth-order valence-corrected chi connectivity index (χ4v) is 1.14. The number of hydrogen-bond acceptors (Lipinski definition) is 3.